The lowest BCUT2D eigenvalue weighted by atomic mass is 9.99. The predicted molar refractivity (Wildman–Crippen MR) is 170 cm³/mol. The minimum Gasteiger partial charge on any atom is -0.487 e. The van der Waals surface area contributed by atoms with Crippen LogP contribution in [0.1, 0.15) is 37.0 Å². The third kappa shape index (κ3) is 8.03. The van der Waals surface area contributed by atoms with Crippen molar-refractivity contribution in [1.82, 2.24) is 14.7 Å². The van der Waals surface area contributed by atoms with Crippen molar-refractivity contribution in [3.05, 3.63) is 66.2 Å². The molecule has 3 atom stereocenters. The van der Waals surface area contributed by atoms with E-state index in [1.54, 1.807) is 42.0 Å². The summed E-state index contributed by atoms with van der Waals surface area (Å²) < 4.78 is 6.42. The van der Waals surface area contributed by atoms with Crippen LogP contribution in [0.2, 0.25) is 0 Å². The molecule has 1 aliphatic rings. The molecule has 0 unspecified atom stereocenters. The second kappa shape index (κ2) is 14.3. The van der Waals surface area contributed by atoms with Gasteiger partial charge in [-0.05, 0) is 63.6 Å². The van der Waals surface area contributed by atoms with E-state index in [1.165, 1.54) is 0 Å². The Morgan fingerprint density at radius 2 is 1.81 bits per heavy atom. The van der Waals surface area contributed by atoms with Crippen molar-refractivity contribution in [3.63, 3.8) is 0 Å². The Morgan fingerprint density at radius 1 is 1.07 bits per heavy atom. The number of benzene rings is 3. The molecule has 0 bridgehead atoms. The lowest BCUT2D eigenvalue weighted by Crippen LogP contribution is -2.50. The summed E-state index contributed by atoms with van der Waals surface area (Å²) in [5, 5.41) is 17.8. The van der Waals surface area contributed by atoms with Crippen LogP contribution in [0, 0.1) is 5.92 Å². The first kappa shape index (κ1) is 31.8. The van der Waals surface area contributed by atoms with Gasteiger partial charge in [-0.25, -0.2) is 4.79 Å². The first-order chi connectivity index (χ1) is 20.6. The molecule has 4 amide bonds. The lowest BCUT2D eigenvalue weighted by molar-refractivity contribution is -0.116. The van der Waals surface area contributed by atoms with Crippen molar-refractivity contribution in [2.75, 3.05) is 58.0 Å². The van der Waals surface area contributed by atoms with Crippen LogP contribution in [0.5, 0.6) is 5.75 Å². The summed E-state index contributed by atoms with van der Waals surface area (Å²) in [6, 6.07) is 18.0. The zero-order valence-electron chi connectivity index (χ0n) is 25.7. The highest BCUT2D eigenvalue weighted by atomic mass is 16.5. The van der Waals surface area contributed by atoms with Crippen molar-refractivity contribution < 1.29 is 24.2 Å². The van der Waals surface area contributed by atoms with E-state index < -0.39 is 12.1 Å². The monoisotopic (exact) mass is 589 g/mol. The molecule has 0 radical (unpaired) electrons. The molecule has 0 aromatic heterocycles. The van der Waals surface area contributed by atoms with Crippen LogP contribution in [0.4, 0.5) is 16.2 Å². The Morgan fingerprint density at radius 3 is 2.56 bits per heavy atom. The number of nitrogens with zero attached hydrogens (tertiary/aromatic N) is 3. The van der Waals surface area contributed by atoms with Crippen molar-refractivity contribution in [3.8, 4) is 5.75 Å². The quantitative estimate of drug-likeness (QED) is 0.321. The number of carbonyl (C=O) groups is 3. The Kier molecular flexibility index (Phi) is 10.6. The van der Waals surface area contributed by atoms with Crippen LogP contribution >= 0.6 is 0 Å². The first-order valence-electron chi connectivity index (χ1n) is 14.7. The molecule has 3 N–H and O–H groups in total. The Hall–Kier alpha value is -4.15. The lowest BCUT2D eigenvalue weighted by Gasteiger charge is -2.38. The molecule has 0 aliphatic carbocycles. The molecule has 3 aromatic carbocycles. The molecule has 1 aliphatic heterocycles. The molecule has 230 valence electrons. The largest absolute Gasteiger partial charge is 0.487 e. The van der Waals surface area contributed by atoms with Crippen LogP contribution in [-0.2, 0) is 4.79 Å². The fourth-order valence-corrected chi connectivity index (χ4v) is 5.20. The van der Waals surface area contributed by atoms with Gasteiger partial charge < -0.3 is 35.2 Å². The average molecular weight is 590 g/mol. The average Bonchev–Trinajstić information content (AvgIpc) is 2.98. The molecule has 0 fully saturated rings. The van der Waals surface area contributed by atoms with Gasteiger partial charge in [-0.2, -0.15) is 0 Å². The van der Waals surface area contributed by atoms with E-state index in [0.29, 0.717) is 30.0 Å². The zero-order valence-corrected chi connectivity index (χ0v) is 25.7. The summed E-state index contributed by atoms with van der Waals surface area (Å²) in [6.07, 6.45) is 0.629. The summed E-state index contributed by atoms with van der Waals surface area (Å²) in [5.41, 5.74) is 1.52. The van der Waals surface area contributed by atoms with Crippen molar-refractivity contribution in [2.24, 2.45) is 5.92 Å². The Balaban J connectivity index is 1.54. The number of ether oxygens (including phenoxy) is 1. The number of carbonyl (C=O) groups excluding carboxylic acids is 3. The minimum atomic E-state index is -0.449. The molecule has 0 saturated carbocycles. The topological polar surface area (TPSA) is 114 Å². The summed E-state index contributed by atoms with van der Waals surface area (Å²) in [6.45, 7) is 4.95. The van der Waals surface area contributed by atoms with E-state index >= 15 is 0 Å². The molecule has 0 saturated heterocycles. The molecular formula is C33H43N5O5. The summed E-state index contributed by atoms with van der Waals surface area (Å²) in [5.74, 6) is -0.209. The number of hydrogen-bond acceptors (Lipinski definition) is 6. The maximum atomic E-state index is 13.7. The molecule has 10 nitrogen and oxygen atoms in total. The minimum absolute atomic E-state index is 0.132. The van der Waals surface area contributed by atoms with Gasteiger partial charge in [0.1, 0.15) is 11.9 Å². The van der Waals surface area contributed by atoms with Gasteiger partial charge in [-0.1, -0.05) is 43.3 Å². The summed E-state index contributed by atoms with van der Waals surface area (Å²) in [7, 11) is 5.63. The number of rotatable bonds is 10. The summed E-state index contributed by atoms with van der Waals surface area (Å²) >= 11 is 0. The number of aliphatic hydroxyl groups excluding tert-OH is 1. The van der Waals surface area contributed by atoms with Crippen LogP contribution in [-0.4, -0.2) is 97.2 Å². The van der Waals surface area contributed by atoms with Gasteiger partial charge >= 0.3 is 6.03 Å². The maximum absolute atomic E-state index is 13.7. The zero-order chi connectivity index (χ0) is 31.1. The molecular weight excluding hydrogens is 546 g/mol. The number of amides is 4. The van der Waals surface area contributed by atoms with Gasteiger partial charge in [0.25, 0.3) is 5.91 Å². The van der Waals surface area contributed by atoms with E-state index in [4.69, 9.17) is 4.74 Å². The number of anilines is 2. The molecule has 43 heavy (non-hydrogen) atoms. The van der Waals surface area contributed by atoms with Crippen molar-refractivity contribution >= 4 is 40.0 Å². The number of likely N-dealkylation sites (N-methyl/N-ethyl adjacent to an activating group) is 1. The number of nitrogens with one attached hydrogen (secondary N) is 2. The predicted octanol–water partition coefficient (Wildman–Crippen LogP) is 4.50. The number of hydrogen-bond donors (Lipinski definition) is 3. The summed E-state index contributed by atoms with van der Waals surface area (Å²) in [4.78, 5) is 44.8. The van der Waals surface area contributed by atoms with Gasteiger partial charge in [-0.3, -0.25) is 9.59 Å². The second-order valence-corrected chi connectivity index (χ2v) is 11.6. The van der Waals surface area contributed by atoms with E-state index in [1.807, 2.05) is 68.4 Å². The first-order valence-corrected chi connectivity index (χ1v) is 14.7. The van der Waals surface area contributed by atoms with Crippen LogP contribution in [0.15, 0.2) is 60.7 Å². The Labute approximate surface area is 253 Å². The van der Waals surface area contributed by atoms with Crippen molar-refractivity contribution in [2.45, 2.75) is 38.8 Å². The van der Waals surface area contributed by atoms with Gasteiger partial charge in [-0.15, -0.1) is 0 Å². The van der Waals surface area contributed by atoms with Crippen LogP contribution < -0.4 is 15.4 Å². The van der Waals surface area contributed by atoms with Gasteiger partial charge in [0.2, 0.25) is 5.91 Å². The highest BCUT2D eigenvalue weighted by molar-refractivity contribution is 6.02. The maximum Gasteiger partial charge on any atom is 0.321 e. The van der Waals surface area contributed by atoms with Crippen molar-refractivity contribution in [1.29, 1.82) is 0 Å². The third-order valence-corrected chi connectivity index (χ3v) is 7.79. The van der Waals surface area contributed by atoms with E-state index in [0.717, 1.165) is 29.4 Å². The molecule has 3 aromatic rings. The van der Waals surface area contributed by atoms with Gasteiger partial charge in [0.15, 0.2) is 0 Å². The normalized spacial score (nSPS) is 17.5. The van der Waals surface area contributed by atoms with E-state index in [-0.39, 0.29) is 36.9 Å². The van der Waals surface area contributed by atoms with Crippen LogP contribution in [0.25, 0.3) is 10.8 Å². The van der Waals surface area contributed by atoms with Crippen LogP contribution in [0.3, 0.4) is 0 Å². The molecule has 0 spiro atoms. The SMILES string of the molecule is C[C@@H]1CN([C@@H](C)CO)C(=O)c2cc(NC(=O)CCCN(C)C)ccc2O[C@@H]1CN(C)C(=O)Nc1cccc2ccccc12. The number of aliphatic hydroxyl groups is 1. The molecule has 4 rings (SSSR count). The number of urea groups is 1. The second-order valence-electron chi connectivity index (χ2n) is 11.6. The fraction of sp³-hybridized carbons (Fsp3) is 0.424. The highest BCUT2D eigenvalue weighted by Crippen LogP contribution is 2.31. The number of fused-ring (bicyclic) bond motifs is 2. The third-order valence-electron chi connectivity index (χ3n) is 7.79. The molecule has 10 heteroatoms. The van der Waals surface area contributed by atoms with Gasteiger partial charge in [0, 0.05) is 37.0 Å². The smallest absolute Gasteiger partial charge is 0.321 e. The van der Waals surface area contributed by atoms with E-state index in [9.17, 15) is 19.5 Å². The highest BCUT2D eigenvalue weighted by Gasteiger charge is 2.34. The fourth-order valence-electron chi connectivity index (χ4n) is 5.20. The molecule has 1 heterocycles. The van der Waals surface area contributed by atoms with Gasteiger partial charge in [0.05, 0.1) is 30.4 Å². The Bertz CT molecular complexity index is 1440. The van der Waals surface area contributed by atoms with E-state index in [2.05, 4.69) is 10.6 Å². The standard InChI is InChI=1S/C33H43N5O5/c1-22-19-38(23(2)21-39)32(41)27-18-25(34-31(40)14-9-17-36(3)4)15-16-29(27)43-30(22)20-37(5)33(42)35-28-13-8-11-24-10-6-7-12-26(24)28/h6-8,10-13,15-16,18,22-23,30,39H,9,14,17,19-21H2,1-5H3,(H,34,40)(H,35,42)/t22-,23+,30-/m1/s1.